The van der Waals surface area contributed by atoms with Gasteiger partial charge in [-0.3, -0.25) is 0 Å². The van der Waals surface area contributed by atoms with E-state index >= 15 is 0 Å². The van der Waals surface area contributed by atoms with Crippen LogP contribution in [0.25, 0.3) is 0 Å². The van der Waals surface area contributed by atoms with Crippen molar-refractivity contribution in [2.45, 2.75) is 23.2 Å². The summed E-state index contributed by atoms with van der Waals surface area (Å²) in [5.41, 5.74) is -4.88. The monoisotopic (exact) mass is 323 g/mol. The average Bonchev–Trinajstić information content (AvgIpc) is 2.36. The molecule has 0 aromatic heterocycles. The number of ether oxygens (including phenoxy) is 1. The number of benzene rings is 1. The van der Waals surface area contributed by atoms with Crippen LogP contribution in [0.1, 0.15) is 28.4 Å². The zero-order valence-electron chi connectivity index (χ0n) is 10.3. The molecule has 1 rings (SSSR count). The average molecular weight is 324 g/mol. The third kappa shape index (κ3) is 4.05. The van der Waals surface area contributed by atoms with Gasteiger partial charge >= 0.3 is 11.5 Å². The maximum absolute atomic E-state index is 12.5. The fraction of sp³-hybridized carbons (Fsp3) is 0.333. The van der Waals surface area contributed by atoms with E-state index in [4.69, 9.17) is 21.6 Å². The molecule has 108 valence electrons. The largest absolute Gasteiger partial charge is 0.462 e. The lowest BCUT2D eigenvalue weighted by atomic mass is 10.1. The van der Waals surface area contributed by atoms with Gasteiger partial charge in [-0.15, -0.1) is 11.6 Å². The van der Waals surface area contributed by atoms with Gasteiger partial charge in [0.1, 0.15) is 6.07 Å². The molecular weight excluding hydrogens is 315 g/mol. The van der Waals surface area contributed by atoms with E-state index in [1.807, 2.05) is 0 Å². The Kier molecular flexibility index (Phi) is 5.72. The lowest BCUT2D eigenvalue weighted by Crippen LogP contribution is -2.11. The molecule has 20 heavy (non-hydrogen) atoms. The number of carbonyl (C=O) groups is 1. The molecule has 0 fully saturated rings. The summed E-state index contributed by atoms with van der Waals surface area (Å²) >= 11 is 5.18. The first kappa shape index (κ1) is 16.7. The van der Waals surface area contributed by atoms with Gasteiger partial charge in [0.05, 0.1) is 17.7 Å². The molecule has 0 aliphatic rings. The lowest BCUT2D eigenvalue weighted by Gasteiger charge is -2.14. The number of rotatable bonds is 4. The molecule has 0 spiro atoms. The van der Waals surface area contributed by atoms with E-state index in [1.54, 1.807) is 13.0 Å². The normalized spacial score (nSPS) is 11.0. The molecule has 0 radical (unpaired) electrons. The zero-order valence-corrected chi connectivity index (χ0v) is 11.8. The molecule has 0 heterocycles. The van der Waals surface area contributed by atoms with Crippen molar-refractivity contribution >= 4 is 29.3 Å². The van der Waals surface area contributed by atoms with Crippen molar-refractivity contribution in [3.63, 3.8) is 0 Å². The molecule has 0 bridgehead atoms. The summed E-state index contributed by atoms with van der Waals surface area (Å²) in [7, 11) is 0. The van der Waals surface area contributed by atoms with Crippen molar-refractivity contribution in [1.29, 1.82) is 5.26 Å². The molecule has 0 atom stereocenters. The lowest BCUT2D eigenvalue weighted by molar-refractivity contribution is -0.0328. The molecule has 0 N–H and O–H groups in total. The van der Waals surface area contributed by atoms with Gasteiger partial charge in [0.25, 0.3) is 0 Å². The van der Waals surface area contributed by atoms with E-state index in [9.17, 15) is 18.0 Å². The summed E-state index contributed by atoms with van der Waals surface area (Å²) in [4.78, 5) is 11.3. The molecule has 3 nitrogen and oxygen atoms in total. The molecule has 8 heteroatoms. The van der Waals surface area contributed by atoms with Gasteiger partial charge in [0, 0.05) is 10.8 Å². The van der Waals surface area contributed by atoms with E-state index in [0.29, 0.717) is 0 Å². The SMILES string of the molecule is CCOC(=O)c1ccc(C#N)c(SC(F)(F)F)c1CCl. The first-order valence-electron chi connectivity index (χ1n) is 5.38. The van der Waals surface area contributed by atoms with Crippen LogP contribution in [0, 0.1) is 11.3 Å². The summed E-state index contributed by atoms with van der Waals surface area (Å²) in [6.45, 7) is 1.66. The number of hydrogen-bond donors (Lipinski definition) is 0. The van der Waals surface area contributed by atoms with E-state index in [-0.39, 0.29) is 34.1 Å². The minimum absolute atomic E-state index is 0.0495. The predicted octanol–water partition coefficient (Wildman–Crippen LogP) is 4.09. The minimum Gasteiger partial charge on any atom is -0.462 e. The third-order valence-corrected chi connectivity index (χ3v) is 3.40. The van der Waals surface area contributed by atoms with Crippen molar-refractivity contribution < 1.29 is 22.7 Å². The van der Waals surface area contributed by atoms with Gasteiger partial charge in [-0.2, -0.15) is 18.4 Å². The predicted molar refractivity (Wildman–Crippen MR) is 68.6 cm³/mol. The van der Waals surface area contributed by atoms with E-state index in [0.717, 1.165) is 6.07 Å². The summed E-state index contributed by atoms with van der Waals surface area (Å²) in [5, 5.41) is 8.88. The molecule has 0 aliphatic carbocycles. The number of thioether (sulfide) groups is 1. The van der Waals surface area contributed by atoms with Gasteiger partial charge < -0.3 is 4.74 Å². The Morgan fingerprint density at radius 1 is 1.50 bits per heavy atom. The second-order valence-corrected chi connectivity index (χ2v) is 4.82. The highest BCUT2D eigenvalue weighted by molar-refractivity contribution is 8.00. The van der Waals surface area contributed by atoms with E-state index < -0.39 is 23.2 Å². The van der Waals surface area contributed by atoms with Gasteiger partial charge in [0.15, 0.2) is 0 Å². The summed E-state index contributed by atoms with van der Waals surface area (Å²) in [6.07, 6.45) is 0. The fourth-order valence-corrected chi connectivity index (χ4v) is 2.60. The maximum Gasteiger partial charge on any atom is 0.446 e. The summed E-state index contributed by atoms with van der Waals surface area (Å²) in [5.74, 6) is -1.10. The number of halogens is 4. The van der Waals surface area contributed by atoms with Crippen LogP contribution in [0.3, 0.4) is 0 Å². The van der Waals surface area contributed by atoms with Crippen molar-refractivity contribution in [2.75, 3.05) is 6.61 Å². The molecule has 0 amide bonds. The highest BCUT2D eigenvalue weighted by Crippen LogP contribution is 2.41. The fourth-order valence-electron chi connectivity index (χ4n) is 1.48. The smallest absolute Gasteiger partial charge is 0.446 e. The van der Waals surface area contributed by atoms with Gasteiger partial charge in [-0.25, -0.2) is 4.79 Å². The zero-order chi connectivity index (χ0) is 15.3. The Balaban J connectivity index is 3.41. The second kappa shape index (κ2) is 6.86. The quantitative estimate of drug-likeness (QED) is 0.476. The highest BCUT2D eigenvalue weighted by atomic mass is 35.5. The maximum atomic E-state index is 12.5. The van der Waals surface area contributed by atoms with Crippen molar-refractivity contribution in [3.05, 3.63) is 28.8 Å². The van der Waals surface area contributed by atoms with E-state index in [2.05, 4.69) is 0 Å². The van der Waals surface area contributed by atoms with Crippen LogP contribution in [-0.2, 0) is 10.6 Å². The molecule has 1 aromatic rings. The number of carbonyl (C=O) groups excluding carboxylic acids is 1. The summed E-state index contributed by atoms with van der Waals surface area (Å²) in [6, 6.07) is 4.05. The Bertz CT molecular complexity index is 555. The van der Waals surface area contributed by atoms with Crippen molar-refractivity contribution in [1.82, 2.24) is 0 Å². The standard InChI is InChI=1S/C12H9ClF3NO2S/c1-2-19-11(18)8-4-3-7(6-17)10(9(8)5-13)20-12(14,15)16/h3-4H,2,5H2,1H3. The number of hydrogen-bond acceptors (Lipinski definition) is 4. The van der Waals surface area contributed by atoms with Crippen LogP contribution in [0.4, 0.5) is 13.2 Å². The Labute approximate surface area is 122 Å². The number of alkyl halides is 4. The summed E-state index contributed by atoms with van der Waals surface area (Å²) < 4.78 is 42.4. The van der Waals surface area contributed by atoms with Crippen LogP contribution in [-0.4, -0.2) is 18.1 Å². The third-order valence-electron chi connectivity index (χ3n) is 2.23. The van der Waals surface area contributed by atoms with Gasteiger partial charge in [-0.1, -0.05) is 0 Å². The first-order chi connectivity index (χ1) is 9.34. The number of esters is 1. The van der Waals surface area contributed by atoms with E-state index in [1.165, 1.54) is 6.07 Å². The van der Waals surface area contributed by atoms with Crippen molar-refractivity contribution in [3.8, 4) is 6.07 Å². The Hall–Kier alpha value is -1.39. The highest BCUT2D eigenvalue weighted by Gasteiger charge is 2.33. The molecule has 0 saturated heterocycles. The number of nitrogens with zero attached hydrogens (tertiary/aromatic N) is 1. The number of nitriles is 1. The van der Waals surface area contributed by atoms with Gasteiger partial charge in [-0.05, 0) is 36.4 Å². The Morgan fingerprint density at radius 2 is 2.15 bits per heavy atom. The molecule has 1 aromatic carbocycles. The molecule has 0 unspecified atom stereocenters. The van der Waals surface area contributed by atoms with Crippen LogP contribution in [0.2, 0.25) is 0 Å². The van der Waals surface area contributed by atoms with Crippen LogP contribution in [0.15, 0.2) is 17.0 Å². The molecule has 0 aliphatic heterocycles. The topological polar surface area (TPSA) is 50.1 Å². The van der Waals surface area contributed by atoms with Crippen molar-refractivity contribution in [2.24, 2.45) is 0 Å². The van der Waals surface area contributed by atoms with Crippen LogP contribution < -0.4 is 0 Å². The van der Waals surface area contributed by atoms with Gasteiger partial charge in [0.2, 0.25) is 0 Å². The molecule has 0 saturated carbocycles. The Morgan fingerprint density at radius 3 is 2.60 bits per heavy atom. The van der Waals surface area contributed by atoms with Crippen LogP contribution >= 0.6 is 23.4 Å². The molecular formula is C12H9ClF3NO2S. The van der Waals surface area contributed by atoms with Crippen LogP contribution in [0.5, 0.6) is 0 Å². The minimum atomic E-state index is -4.58. The second-order valence-electron chi connectivity index (χ2n) is 3.48. The first-order valence-corrected chi connectivity index (χ1v) is 6.74.